The third kappa shape index (κ3) is 3.72. The highest BCUT2D eigenvalue weighted by Gasteiger charge is 2.17. The number of aryl methyl sites for hydroxylation is 1. The number of hydrogen-bond acceptors (Lipinski definition) is 5. The average Bonchev–Trinajstić information content (AvgIpc) is 2.54. The lowest BCUT2D eigenvalue weighted by Gasteiger charge is -2.31. The van der Waals surface area contributed by atoms with Crippen LogP contribution < -0.4 is 10.2 Å². The molecule has 0 aromatic carbocycles. The number of rotatable bonds is 4. The number of anilines is 2. The second kappa shape index (κ2) is 6.73. The van der Waals surface area contributed by atoms with E-state index in [0.717, 1.165) is 36.2 Å². The van der Waals surface area contributed by atoms with Crippen LogP contribution in [0, 0.1) is 12.8 Å². The molecule has 0 atom stereocenters. The van der Waals surface area contributed by atoms with Gasteiger partial charge in [0.2, 0.25) is 5.95 Å². The van der Waals surface area contributed by atoms with Gasteiger partial charge in [-0.25, -0.2) is 4.98 Å². The summed E-state index contributed by atoms with van der Waals surface area (Å²) < 4.78 is 0. The van der Waals surface area contributed by atoms with Gasteiger partial charge in [-0.15, -0.1) is 0 Å². The lowest BCUT2D eigenvalue weighted by atomic mass is 9.99. The van der Waals surface area contributed by atoms with Crippen molar-refractivity contribution in [3.05, 3.63) is 41.9 Å². The summed E-state index contributed by atoms with van der Waals surface area (Å²) >= 11 is 0. The zero-order valence-electron chi connectivity index (χ0n) is 13.3. The van der Waals surface area contributed by atoms with E-state index in [1.165, 1.54) is 12.8 Å². The molecule has 0 aliphatic carbocycles. The van der Waals surface area contributed by atoms with E-state index in [9.17, 15) is 0 Å². The Morgan fingerprint density at radius 2 is 2.05 bits per heavy atom. The second-order valence-electron chi connectivity index (χ2n) is 6.04. The molecule has 0 unspecified atom stereocenters. The zero-order valence-corrected chi connectivity index (χ0v) is 13.3. The van der Waals surface area contributed by atoms with Crippen LogP contribution in [0.15, 0.2) is 30.5 Å². The molecule has 0 saturated carbocycles. The number of nitrogens with one attached hydrogen (secondary N) is 1. The van der Waals surface area contributed by atoms with E-state index in [2.05, 4.69) is 38.2 Å². The highest BCUT2D eigenvalue weighted by Crippen LogP contribution is 2.22. The molecule has 0 radical (unpaired) electrons. The zero-order chi connectivity index (χ0) is 15.4. The molecular weight excluding hydrogens is 274 g/mol. The molecule has 5 nitrogen and oxygen atoms in total. The molecule has 0 amide bonds. The molecule has 0 spiro atoms. The number of piperidine rings is 1. The van der Waals surface area contributed by atoms with Crippen molar-refractivity contribution in [2.45, 2.75) is 33.2 Å². The first-order valence-electron chi connectivity index (χ1n) is 7.95. The molecule has 1 aliphatic heterocycles. The van der Waals surface area contributed by atoms with Gasteiger partial charge >= 0.3 is 0 Å². The molecule has 2 aromatic heterocycles. The third-order valence-corrected chi connectivity index (χ3v) is 4.10. The second-order valence-corrected chi connectivity index (χ2v) is 6.04. The fraction of sp³-hybridized carbons (Fsp3) is 0.471. The van der Waals surface area contributed by atoms with E-state index >= 15 is 0 Å². The molecular formula is C17H23N5. The Morgan fingerprint density at radius 3 is 2.77 bits per heavy atom. The molecule has 3 heterocycles. The van der Waals surface area contributed by atoms with Gasteiger partial charge in [0.1, 0.15) is 5.82 Å². The first-order valence-corrected chi connectivity index (χ1v) is 7.95. The Labute approximate surface area is 131 Å². The summed E-state index contributed by atoms with van der Waals surface area (Å²) in [6, 6.07) is 7.97. The Bertz CT molecular complexity index is 606. The largest absolute Gasteiger partial charge is 0.356 e. The average molecular weight is 297 g/mol. The Morgan fingerprint density at radius 1 is 1.23 bits per heavy atom. The van der Waals surface area contributed by atoms with Crippen LogP contribution in [-0.2, 0) is 6.54 Å². The van der Waals surface area contributed by atoms with Gasteiger partial charge in [-0.2, -0.15) is 4.98 Å². The Balaban J connectivity index is 1.70. The van der Waals surface area contributed by atoms with E-state index in [4.69, 9.17) is 0 Å². The van der Waals surface area contributed by atoms with Gasteiger partial charge in [0, 0.05) is 31.0 Å². The van der Waals surface area contributed by atoms with Crippen molar-refractivity contribution < 1.29 is 0 Å². The van der Waals surface area contributed by atoms with E-state index in [1.807, 2.05) is 25.1 Å². The Kier molecular flexibility index (Phi) is 4.51. The van der Waals surface area contributed by atoms with Crippen molar-refractivity contribution in [2.24, 2.45) is 5.92 Å². The minimum Gasteiger partial charge on any atom is -0.356 e. The van der Waals surface area contributed by atoms with Crippen molar-refractivity contribution in [3.63, 3.8) is 0 Å². The van der Waals surface area contributed by atoms with Crippen LogP contribution in [0.4, 0.5) is 11.8 Å². The van der Waals surface area contributed by atoms with Crippen LogP contribution in [0.5, 0.6) is 0 Å². The lowest BCUT2D eigenvalue weighted by molar-refractivity contribution is 0.436. The number of nitrogens with zero attached hydrogens (tertiary/aromatic N) is 4. The van der Waals surface area contributed by atoms with Gasteiger partial charge < -0.3 is 10.2 Å². The summed E-state index contributed by atoms with van der Waals surface area (Å²) in [6.45, 7) is 7.14. The fourth-order valence-corrected chi connectivity index (χ4v) is 2.70. The van der Waals surface area contributed by atoms with Gasteiger partial charge in [0.15, 0.2) is 0 Å². The monoisotopic (exact) mass is 297 g/mol. The topological polar surface area (TPSA) is 53.9 Å². The molecule has 3 rings (SSSR count). The predicted octanol–water partition coefficient (Wildman–Crippen LogP) is 3.03. The molecule has 22 heavy (non-hydrogen) atoms. The highest BCUT2D eigenvalue weighted by molar-refractivity contribution is 5.45. The van der Waals surface area contributed by atoms with E-state index in [0.29, 0.717) is 12.5 Å². The van der Waals surface area contributed by atoms with Crippen molar-refractivity contribution >= 4 is 11.8 Å². The maximum atomic E-state index is 4.67. The van der Waals surface area contributed by atoms with Crippen molar-refractivity contribution in [1.82, 2.24) is 15.0 Å². The summed E-state index contributed by atoms with van der Waals surface area (Å²) in [6.07, 6.45) is 4.27. The van der Waals surface area contributed by atoms with Gasteiger partial charge in [-0.05, 0) is 37.8 Å². The molecule has 1 saturated heterocycles. The SMILES string of the molecule is Cc1cc(N2CCC(C)CC2)nc(NCc2ccccn2)n1. The van der Waals surface area contributed by atoms with Crippen LogP contribution in [0.25, 0.3) is 0 Å². The number of hydrogen-bond donors (Lipinski definition) is 1. The number of aromatic nitrogens is 3. The molecule has 2 aromatic rings. The van der Waals surface area contributed by atoms with E-state index < -0.39 is 0 Å². The van der Waals surface area contributed by atoms with Crippen molar-refractivity contribution in [1.29, 1.82) is 0 Å². The summed E-state index contributed by atoms with van der Waals surface area (Å²) in [4.78, 5) is 15.8. The molecule has 1 aliphatic rings. The standard InChI is InChI=1S/C17H23N5/c1-13-6-9-22(10-7-13)16-11-14(2)20-17(21-16)19-12-15-5-3-4-8-18-15/h3-5,8,11,13H,6-7,9-10,12H2,1-2H3,(H,19,20,21). The first kappa shape index (κ1) is 14.8. The summed E-state index contributed by atoms with van der Waals surface area (Å²) in [7, 11) is 0. The van der Waals surface area contributed by atoms with E-state index in [1.54, 1.807) is 6.20 Å². The summed E-state index contributed by atoms with van der Waals surface area (Å²) in [5.41, 5.74) is 1.98. The van der Waals surface area contributed by atoms with Gasteiger partial charge in [0.05, 0.1) is 12.2 Å². The molecule has 116 valence electrons. The fourth-order valence-electron chi connectivity index (χ4n) is 2.70. The molecule has 1 N–H and O–H groups in total. The van der Waals surface area contributed by atoms with Gasteiger partial charge in [-0.1, -0.05) is 13.0 Å². The van der Waals surface area contributed by atoms with Crippen LogP contribution in [0.3, 0.4) is 0 Å². The van der Waals surface area contributed by atoms with Gasteiger partial charge in [-0.3, -0.25) is 4.98 Å². The normalized spacial score (nSPS) is 15.8. The molecule has 5 heteroatoms. The lowest BCUT2D eigenvalue weighted by Crippen LogP contribution is -2.33. The van der Waals surface area contributed by atoms with Crippen molar-refractivity contribution in [2.75, 3.05) is 23.3 Å². The summed E-state index contributed by atoms with van der Waals surface area (Å²) in [5.74, 6) is 2.53. The first-order chi connectivity index (χ1) is 10.7. The third-order valence-electron chi connectivity index (χ3n) is 4.10. The quantitative estimate of drug-likeness (QED) is 0.940. The van der Waals surface area contributed by atoms with Crippen LogP contribution in [0.1, 0.15) is 31.2 Å². The minimum atomic E-state index is 0.640. The van der Waals surface area contributed by atoms with Crippen molar-refractivity contribution in [3.8, 4) is 0 Å². The smallest absolute Gasteiger partial charge is 0.225 e. The Hall–Kier alpha value is -2.17. The highest BCUT2D eigenvalue weighted by atomic mass is 15.2. The maximum Gasteiger partial charge on any atom is 0.225 e. The van der Waals surface area contributed by atoms with Crippen LogP contribution in [-0.4, -0.2) is 28.0 Å². The van der Waals surface area contributed by atoms with E-state index in [-0.39, 0.29) is 0 Å². The number of pyridine rings is 1. The predicted molar refractivity (Wildman–Crippen MR) is 88.9 cm³/mol. The molecule has 0 bridgehead atoms. The summed E-state index contributed by atoms with van der Waals surface area (Å²) in [5, 5.41) is 3.28. The van der Waals surface area contributed by atoms with Crippen LogP contribution >= 0.6 is 0 Å². The minimum absolute atomic E-state index is 0.640. The molecule has 1 fully saturated rings. The van der Waals surface area contributed by atoms with Gasteiger partial charge in [0.25, 0.3) is 0 Å². The van der Waals surface area contributed by atoms with Crippen LogP contribution in [0.2, 0.25) is 0 Å². The maximum absolute atomic E-state index is 4.67.